The molecule has 10 heteroatoms. The molecule has 0 aromatic rings. The van der Waals surface area contributed by atoms with E-state index in [1.807, 2.05) is 13.8 Å². The van der Waals surface area contributed by atoms with Crippen LogP contribution in [0.3, 0.4) is 0 Å². The third kappa shape index (κ3) is 7.92. The zero-order valence-corrected chi connectivity index (χ0v) is 18.1. The highest BCUT2D eigenvalue weighted by molar-refractivity contribution is 7.89. The molecule has 1 heterocycles. The van der Waals surface area contributed by atoms with Crippen LogP contribution in [0.25, 0.3) is 0 Å². The molecular formula is C18H35N5O4S. The molecule has 0 radical (unpaired) electrons. The molecule has 1 saturated carbocycles. The van der Waals surface area contributed by atoms with E-state index >= 15 is 0 Å². The second-order valence-corrected chi connectivity index (χ2v) is 9.63. The number of amides is 1. The molecule has 0 bridgehead atoms. The van der Waals surface area contributed by atoms with Crippen molar-refractivity contribution in [1.29, 1.82) is 0 Å². The minimum absolute atomic E-state index is 0.0150. The minimum Gasteiger partial charge on any atom is -0.378 e. The summed E-state index contributed by atoms with van der Waals surface area (Å²) < 4.78 is 31.7. The van der Waals surface area contributed by atoms with E-state index in [1.165, 1.54) is 4.31 Å². The van der Waals surface area contributed by atoms with Crippen molar-refractivity contribution in [3.8, 4) is 0 Å². The van der Waals surface area contributed by atoms with Crippen LogP contribution in [0, 0.1) is 0 Å². The molecule has 1 aliphatic carbocycles. The molecule has 2 aliphatic rings. The van der Waals surface area contributed by atoms with Gasteiger partial charge in [0.25, 0.3) is 0 Å². The Kier molecular flexibility index (Phi) is 8.97. The summed E-state index contributed by atoms with van der Waals surface area (Å²) in [5.74, 6) is 0.878. The summed E-state index contributed by atoms with van der Waals surface area (Å²) in [6.45, 7) is 6.72. The Balaban J connectivity index is 1.67. The van der Waals surface area contributed by atoms with Crippen LogP contribution in [-0.4, -0.2) is 93.8 Å². The first-order valence-electron chi connectivity index (χ1n) is 10.2. The van der Waals surface area contributed by atoms with Gasteiger partial charge in [0.05, 0.1) is 18.5 Å². The highest BCUT2D eigenvalue weighted by atomic mass is 32.2. The Morgan fingerprint density at radius 2 is 1.89 bits per heavy atom. The lowest BCUT2D eigenvalue weighted by atomic mass is 10.3. The quantitative estimate of drug-likeness (QED) is 0.294. The van der Waals surface area contributed by atoms with Crippen molar-refractivity contribution in [3.05, 3.63) is 0 Å². The molecule has 0 aromatic heterocycles. The van der Waals surface area contributed by atoms with Gasteiger partial charge in [0.1, 0.15) is 0 Å². The number of nitrogens with one attached hydrogen (secondary N) is 2. The van der Waals surface area contributed by atoms with E-state index in [9.17, 15) is 13.2 Å². The number of piperazine rings is 1. The summed E-state index contributed by atoms with van der Waals surface area (Å²) in [5, 5.41) is 6.25. The Morgan fingerprint density at radius 3 is 2.46 bits per heavy atom. The van der Waals surface area contributed by atoms with Gasteiger partial charge in [0.15, 0.2) is 5.96 Å². The summed E-state index contributed by atoms with van der Waals surface area (Å²) in [6.07, 6.45) is 3.47. The largest absolute Gasteiger partial charge is 0.378 e. The summed E-state index contributed by atoms with van der Waals surface area (Å²) in [4.78, 5) is 18.0. The molecule has 2 rings (SSSR count). The van der Waals surface area contributed by atoms with Crippen LogP contribution in [0.1, 0.15) is 39.5 Å². The fourth-order valence-electron chi connectivity index (χ4n) is 3.01. The first-order valence-corrected chi connectivity index (χ1v) is 11.8. The first-order chi connectivity index (χ1) is 13.3. The maximum atomic E-state index is 12.4. The van der Waals surface area contributed by atoms with Crippen molar-refractivity contribution < 1.29 is 17.9 Å². The number of nitrogens with zero attached hydrogens (tertiary/aromatic N) is 3. The molecule has 1 amide bonds. The molecular weight excluding hydrogens is 382 g/mol. The monoisotopic (exact) mass is 417 g/mol. The highest BCUT2D eigenvalue weighted by Crippen LogP contribution is 2.18. The highest BCUT2D eigenvalue weighted by Gasteiger charge is 2.28. The van der Waals surface area contributed by atoms with Gasteiger partial charge in [-0.25, -0.2) is 8.42 Å². The third-order valence-electron chi connectivity index (χ3n) is 4.74. The van der Waals surface area contributed by atoms with E-state index < -0.39 is 10.0 Å². The average Bonchev–Trinajstić information content (AvgIpc) is 3.45. The number of carbonyl (C=O) groups excluding carboxylic acids is 1. The van der Waals surface area contributed by atoms with Crippen LogP contribution in [0.5, 0.6) is 0 Å². The number of guanidine groups is 1. The number of hydrogen-bond donors (Lipinski definition) is 2. The van der Waals surface area contributed by atoms with Gasteiger partial charge < -0.3 is 20.3 Å². The van der Waals surface area contributed by atoms with Crippen LogP contribution in [0.2, 0.25) is 0 Å². The molecule has 0 unspecified atom stereocenters. The van der Waals surface area contributed by atoms with E-state index in [-0.39, 0.29) is 24.4 Å². The van der Waals surface area contributed by atoms with E-state index in [0.29, 0.717) is 45.2 Å². The van der Waals surface area contributed by atoms with Crippen LogP contribution in [0.4, 0.5) is 0 Å². The Hall–Kier alpha value is -1.39. The van der Waals surface area contributed by atoms with E-state index in [2.05, 4.69) is 20.5 Å². The predicted molar refractivity (Wildman–Crippen MR) is 110 cm³/mol. The molecule has 0 atom stereocenters. The van der Waals surface area contributed by atoms with Gasteiger partial charge in [0, 0.05) is 52.2 Å². The molecule has 9 nitrogen and oxygen atoms in total. The van der Waals surface area contributed by atoms with Gasteiger partial charge in [0.2, 0.25) is 15.9 Å². The van der Waals surface area contributed by atoms with E-state index in [1.54, 1.807) is 7.05 Å². The lowest BCUT2D eigenvalue weighted by molar-refractivity contribution is -0.121. The maximum Gasteiger partial charge on any atom is 0.220 e. The van der Waals surface area contributed by atoms with Crippen molar-refractivity contribution in [2.75, 3.05) is 52.1 Å². The van der Waals surface area contributed by atoms with Gasteiger partial charge in [-0.3, -0.25) is 9.79 Å². The Bertz CT molecular complexity index is 626. The third-order valence-corrected chi connectivity index (χ3v) is 6.58. The van der Waals surface area contributed by atoms with Crippen molar-refractivity contribution in [3.63, 3.8) is 0 Å². The number of hydrogen-bond acceptors (Lipinski definition) is 5. The molecule has 1 saturated heterocycles. The number of aliphatic imine (C=N–C) groups is 1. The summed E-state index contributed by atoms with van der Waals surface area (Å²) >= 11 is 0. The molecule has 2 fully saturated rings. The average molecular weight is 418 g/mol. The molecule has 1 aliphatic heterocycles. The maximum absolute atomic E-state index is 12.4. The minimum atomic E-state index is -3.29. The second-order valence-electron chi connectivity index (χ2n) is 7.54. The Labute approximate surface area is 168 Å². The zero-order chi connectivity index (χ0) is 20.6. The summed E-state index contributed by atoms with van der Waals surface area (Å²) in [5.41, 5.74) is 0. The number of ether oxygens (including phenoxy) is 1. The van der Waals surface area contributed by atoms with Crippen molar-refractivity contribution in [2.24, 2.45) is 4.99 Å². The van der Waals surface area contributed by atoms with Crippen LogP contribution < -0.4 is 10.6 Å². The van der Waals surface area contributed by atoms with E-state index in [4.69, 9.17) is 4.74 Å². The first kappa shape index (κ1) is 22.9. The van der Waals surface area contributed by atoms with Crippen molar-refractivity contribution >= 4 is 21.9 Å². The van der Waals surface area contributed by atoms with Gasteiger partial charge in [-0.2, -0.15) is 4.31 Å². The molecule has 0 spiro atoms. The zero-order valence-electron chi connectivity index (χ0n) is 17.3. The summed E-state index contributed by atoms with van der Waals surface area (Å²) in [7, 11) is -1.58. The standard InChI is InChI=1S/C18H35N5O4S/c1-15(2)27-13-14-28(25,26)23-11-9-22(10-12-23)18(19-3)20-8-4-5-17(24)21-16-6-7-16/h15-16H,4-14H2,1-3H3,(H,19,20)(H,21,24). The fraction of sp³-hybridized carbons (Fsp3) is 0.889. The normalized spacial score (nSPS) is 19.1. The van der Waals surface area contributed by atoms with Crippen molar-refractivity contribution in [2.45, 2.75) is 51.7 Å². The van der Waals surface area contributed by atoms with Gasteiger partial charge >= 0.3 is 0 Å². The SMILES string of the molecule is CN=C(NCCCC(=O)NC1CC1)N1CCN(S(=O)(=O)CCOC(C)C)CC1. The van der Waals surface area contributed by atoms with Crippen LogP contribution >= 0.6 is 0 Å². The van der Waals surface area contributed by atoms with Crippen LogP contribution in [-0.2, 0) is 19.6 Å². The molecule has 28 heavy (non-hydrogen) atoms. The number of carbonyl (C=O) groups is 1. The predicted octanol–water partition coefficient (Wildman–Crippen LogP) is -0.00700. The van der Waals surface area contributed by atoms with Gasteiger partial charge in [-0.15, -0.1) is 0 Å². The number of sulfonamides is 1. The van der Waals surface area contributed by atoms with Crippen LogP contribution in [0.15, 0.2) is 4.99 Å². The van der Waals surface area contributed by atoms with E-state index in [0.717, 1.165) is 25.2 Å². The number of rotatable bonds is 10. The van der Waals surface area contributed by atoms with Gasteiger partial charge in [-0.05, 0) is 33.1 Å². The second kappa shape index (κ2) is 11.0. The summed E-state index contributed by atoms with van der Waals surface area (Å²) in [6, 6.07) is 0.401. The lowest BCUT2D eigenvalue weighted by Gasteiger charge is -2.35. The van der Waals surface area contributed by atoms with Gasteiger partial charge in [-0.1, -0.05) is 0 Å². The topological polar surface area (TPSA) is 103 Å². The van der Waals surface area contributed by atoms with Crippen molar-refractivity contribution in [1.82, 2.24) is 19.8 Å². The lowest BCUT2D eigenvalue weighted by Crippen LogP contribution is -2.54. The molecule has 2 N–H and O–H groups in total. The molecule has 0 aromatic carbocycles. The smallest absolute Gasteiger partial charge is 0.220 e. The molecule has 162 valence electrons. The fourth-order valence-corrected chi connectivity index (χ4v) is 4.29. The Morgan fingerprint density at radius 1 is 1.21 bits per heavy atom.